The zero-order valence-electron chi connectivity index (χ0n) is 12.2. The molecule has 3 rings (SSSR count). The molecule has 0 atom stereocenters. The smallest absolute Gasteiger partial charge is 0.222 e. The summed E-state index contributed by atoms with van der Waals surface area (Å²) in [6.07, 6.45) is 6.35. The van der Waals surface area contributed by atoms with Gasteiger partial charge in [0, 0.05) is 26.1 Å². The van der Waals surface area contributed by atoms with Crippen molar-refractivity contribution in [1.82, 2.24) is 10.2 Å². The van der Waals surface area contributed by atoms with Crippen molar-refractivity contribution in [2.24, 2.45) is 0 Å². The quantitative estimate of drug-likeness (QED) is 0.912. The van der Waals surface area contributed by atoms with Crippen molar-refractivity contribution in [2.45, 2.75) is 38.5 Å². The van der Waals surface area contributed by atoms with E-state index in [-0.39, 0.29) is 0 Å². The summed E-state index contributed by atoms with van der Waals surface area (Å²) in [4.78, 5) is 14.3. The Kier molecular flexibility index (Phi) is 4.36. The molecule has 0 bridgehead atoms. The average Bonchev–Trinajstić information content (AvgIpc) is 2.76. The topological polar surface area (TPSA) is 32.3 Å². The predicted molar refractivity (Wildman–Crippen MR) is 80.9 cm³/mol. The molecule has 0 saturated carbocycles. The van der Waals surface area contributed by atoms with Gasteiger partial charge in [-0.25, -0.2) is 0 Å². The van der Waals surface area contributed by atoms with Crippen molar-refractivity contribution in [3.8, 4) is 0 Å². The van der Waals surface area contributed by atoms with Crippen LogP contribution in [0.25, 0.3) is 0 Å². The standard InChI is InChI=1S/C17H24N2O/c20-17(19-11-2-9-18-10-12-19)8-6-14-5-7-15-3-1-4-16(15)13-14/h5,7,13,18H,1-4,6,8-12H2. The molecule has 3 nitrogen and oxygen atoms in total. The van der Waals surface area contributed by atoms with Crippen molar-refractivity contribution in [2.75, 3.05) is 26.2 Å². The van der Waals surface area contributed by atoms with Crippen LogP contribution in [0.3, 0.4) is 0 Å². The molecule has 1 fully saturated rings. The molecule has 108 valence electrons. The summed E-state index contributed by atoms with van der Waals surface area (Å²) in [7, 11) is 0. The molecular formula is C17H24N2O. The summed E-state index contributed by atoms with van der Waals surface area (Å²) < 4.78 is 0. The van der Waals surface area contributed by atoms with Gasteiger partial charge in [-0.1, -0.05) is 18.2 Å². The first-order valence-corrected chi connectivity index (χ1v) is 7.92. The van der Waals surface area contributed by atoms with Crippen molar-refractivity contribution in [1.29, 1.82) is 0 Å². The van der Waals surface area contributed by atoms with Gasteiger partial charge in [-0.05, 0) is 55.3 Å². The second-order valence-electron chi connectivity index (χ2n) is 5.94. The van der Waals surface area contributed by atoms with Gasteiger partial charge in [-0.2, -0.15) is 0 Å². The first kappa shape index (κ1) is 13.6. The zero-order valence-corrected chi connectivity index (χ0v) is 12.2. The Balaban J connectivity index is 1.54. The third-order valence-corrected chi connectivity index (χ3v) is 4.48. The fourth-order valence-electron chi connectivity index (χ4n) is 3.29. The lowest BCUT2D eigenvalue weighted by molar-refractivity contribution is -0.130. The highest BCUT2D eigenvalue weighted by atomic mass is 16.2. The fourth-order valence-corrected chi connectivity index (χ4v) is 3.29. The Morgan fingerprint density at radius 3 is 2.95 bits per heavy atom. The number of carbonyl (C=O) groups excluding carboxylic acids is 1. The Morgan fingerprint density at radius 2 is 2.00 bits per heavy atom. The van der Waals surface area contributed by atoms with E-state index in [0.717, 1.165) is 39.0 Å². The molecule has 1 aromatic rings. The highest BCUT2D eigenvalue weighted by molar-refractivity contribution is 5.76. The van der Waals surface area contributed by atoms with E-state index in [4.69, 9.17) is 0 Å². The Morgan fingerprint density at radius 1 is 1.10 bits per heavy atom. The molecule has 1 amide bonds. The lowest BCUT2D eigenvalue weighted by Crippen LogP contribution is -2.34. The molecule has 20 heavy (non-hydrogen) atoms. The largest absolute Gasteiger partial charge is 0.341 e. The average molecular weight is 272 g/mol. The maximum absolute atomic E-state index is 12.3. The van der Waals surface area contributed by atoms with Gasteiger partial charge in [0.15, 0.2) is 0 Å². The van der Waals surface area contributed by atoms with Gasteiger partial charge in [0.2, 0.25) is 5.91 Å². The monoisotopic (exact) mass is 272 g/mol. The molecule has 1 heterocycles. The van der Waals surface area contributed by atoms with Gasteiger partial charge in [0.25, 0.3) is 0 Å². The highest BCUT2D eigenvalue weighted by Crippen LogP contribution is 2.23. The van der Waals surface area contributed by atoms with Crippen LogP contribution in [0, 0.1) is 0 Å². The SMILES string of the molecule is O=C(CCc1ccc2c(c1)CCC2)N1CCCNCC1. The Hall–Kier alpha value is -1.35. The highest BCUT2D eigenvalue weighted by Gasteiger charge is 2.16. The third kappa shape index (κ3) is 3.21. The molecule has 0 unspecified atom stereocenters. The van der Waals surface area contributed by atoms with Crippen LogP contribution in [0.5, 0.6) is 0 Å². The fraction of sp³-hybridized carbons (Fsp3) is 0.588. The number of rotatable bonds is 3. The van der Waals surface area contributed by atoms with Crippen LogP contribution in [0.4, 0.5) is 0 Å². The molecule has 2 aliphatic rings. The molecule has 1 aliphatic carbocycles. The summed E-state index contributed by atoms with van der Waals surface area (Å²) in [5.74, 6) is 0.314. The second kappa shape index (κ2) is 6.40. The molecule has 0 aromatic heterocycles. The summed E-state index contributed by atoms with van der Waals surface area (Å²) in [5, 5.41) is 3.34. The molecule has 1 saturated heterocycles. The van der Waals surface area contributed by atoms with Crippen LogP contribution in [0.1, 0.15) is 36.0 Å². The van der Waals surface area contributed by atoms with E-state index in [2.05, 4.69) is 23.5 Å². The van der Waals surface area contributed by atoms with Crippen LogP contribution < -0.4 is 5.32 Å². The van der Waals surface area contributed by atoms with E-state index >= 15 is 0 Å². The number of aryl methyl sites for hydroxylation is 3. The molecule has 0 spiro atoms. The number of hydrogen-bond acceptors (Lipinski definition) is 2. The summed E-state index contributed by atoms with van der Waals surface area (Å²) in [5.41, 5.74) is 4.35. The summed E-state index contributed by atoms with van der Waals surface area (Å²) in [6, 6.07) is 6.79. The Labute approximate surface area is 121 Å². The number of nitrogens with one attached hydrogen (secondary N) is 1. The minimum atomic E-state index is 0.314. The summed E-state index contributed by atoms with van der Waals surface area (Å²) >= 11 is 0. The van der Waals surface area contributed by atoms with Gasteiger partial charge in [-0.3, -0.25) is 4.79 Å². The first-order valence-electron chi connectivity index (χ1n) is 7.92. The van der Waals surface area contributed by atoms with Gasteiger partial charge >= 0.3 is 0 Å². The van der Waals surface area contributed by atoms with Crippen LogP contribution in [-0.4, -0.2) is 37.0 Å². The van der Waals surface area contributed by atoms with E-state index < -0.39 is 0 Å². The van der Waals surface area contributed by atoms with Gasteiger partial charge in [0.1, 0.15) is 0 Å². The number of fused-ring (bicyclic) bond motifs is 1. The molecule has 1 aromatic carbocycles. The number of amides is 1. The van der Waals surface area contributed by atoms with E-state index in [1.807, 2.05) is 4.90 Å². The van der Waals surface area contributed by atoms with Crippen LogP contribution in [-0.2, 0) is 24.1 Å². The first-order chi connectivity index (χ1) is 9.83. The lowest BCUT2D eigenvalue weighted by atomic mass is 10.0. The maximum Gasteiger partial charge on any atom is 0.222 e. The van der Waals surface area contributed by atoms with Gasteiger partial charge < -0.3 is 10.2 Å². The minimum Gasteiger partial charge on any atom is -0.341 e. The van der Waals surface area contributed by atoms with Crippen molar-refractivity contribution < 1.29 is 4.79 Å². The number of hydrogen-bond donors (Lipinski definition) is 1. The van der Waals surface area contributed by atoms with Crippen molar-refractivity contribution in [3.05, 3.63) is 34.9 Å². The second-order valence-corrected chi connectivity index (χ2v) is 5.94. The van der Waals surface area contributed by atoms with E-state index in [9.17, 15) is 4.79 Å². The predicted octanol–water partition coefficient (Wildman–Crippen LogP) is 1.93. The molecule has 1 N–H and O–H groups in total. The molecular weight excluding hydrogens is 248 g/mol. The van der Waals surface area contributed by atoms with Gasteiger partial charge in [0.05, 0.1) is 0 Å². The minimum absolute atomic E-state index is 0.314. The summed E-state index contributed by atoms with van der Waals surface area (Å²) in [6.45, 7) is 3.75. The lowest BCUT2D eigenvalue weighted by Gasteiger charge is -2.20. The maximum atomic E-state index is 12.3. The molecule has 1 aliphatic heterocycles. The number of nitrogens with zero attached hydrogens (tertiary/aromatic N) is 1. The molecule has 3 heteroatoms. The van der Waals surface area contributed by atoms with Crippen LogP contribution in [0.2, 0.25) is 0 Å². The number of carbonyl (C=O) groups is 1. The van der Waals surface area contributed by atoms with Gasteiger partial charge in [-0.15, -0.1) is 0 Å². The number of benzene rings is 1. The van der Waals surface area contributed by atoms with E-state index in [1.54, 1.807) is 0 Å². The third-order valence-electron chi connectivity index (χ3n) is 4.48. The van der Waals surface area contributed by atoms with Crippen LogP contribution in [0.15, 0.2) is 18.2 Å². The zero-order chi connectivity index (χ0) is 13.8. The normalized spacial score (nSPS) is 18.7. The van der Waals surface area contributed by atoms with E-state index in [1.165, 1.54) is 36.0 Å². The van der Waals surface area contributed by atoms with Crippen LogP contribution >= 0.6 is 0 Å². The van der Waals surface area contributed by atoms with Crippen molar-refractivity contribution >= 4 is 5.91 Å². The Bertz CT molecular complexity index is 476. The van der Waals surface area contributed by atoms with Crippen molar-refractivity contribution in [3.63, 3.8) is 0 Å². The molecule has 0 radical (unpaired) electrons. The van der Waals surface area contributed by atoms with E-state index in [0.29, 0.717) is 12.3 Å².